The number of hydrogen-bond acceptors (Lipinski definition) is 4. The first-order chi connectivity index (χ1) is 5.52. The van der Waals surface area contributed by atoms with Crippen molar-refractivity contribution in [3.05, 3.63) is 0 Å². The lowest BCUT2D eigenvalue weighted by molar-refractivity contribution is 0.336. The van der Waals surface area contributed by atoms with Crippen molar-refractivity contribution in [2.24, 2.45) is 5.73 Å². The Bertz CT molecular complexity index is 212. The Morgan fingerprint density at radius 2 is 2.33 bits per heavy atom. The molecule has 0 radical (unpaired) electrons. The van der Waals surface area contributed by atoms with Gasteiger partial charge in [-0.3, -0.25) is 4.57 Å². The van der Waals surface area contributed by atoms with E-state index in [2.05, 4.69) is 0 Å². The van der Waals surface area contributed by atoms with Crippen LogP contribution < -0.4 is 5.73 Å². The van der Waals surface area contributed by atoms with Gasteiger partial charge in [0.2, 0.25) is 0 Å². The Morgan fingerprint density at radius 3 is 2.75 bits per heavy atom. The van der Waals surface area contributed by atoms with Crippen molar-refractivity contribution in [3.63, 3.8) is 0 Å². The molecule has 2 N–H and O–H groups in total. The van der Waals surface area contributed by atoms with E-state index in [1.54, 1.807) is 13.6 Å². The molecule has 0 saturated heterocycles. The third kappa shape index (κ3) is 5.31. The van der Waals surface area contributed by atoms with Crippen LogP contribution in [0.5, 0.6) is 0 Å². The third-order valence-electron chi connectivity index (χ3n) is 1.41. The van der Waals surface area contributed by atoms with Crippen LogP contribution in [0.2, 0.25) is 0 Å². The van der Waals surface area contributed by atoms with E-state index in [9.17, 15) is 4.57 Å². The lowest BCUT2D eigenvalue weighted by atomic mass is 10.3. The fraction of sp³-hybridized carbons (Fsp3) is 0.857. The van der Waals surface area contributed by atoms with Gasteiger partial charge in [-0.15, -0.1) is 0 Å². The molecule has 0 saturated carbocycles. The van der Waals surface area contributed by atoms with Crippen molar-refractivity contribution in [2.45, 2.75) is 19.4 Å². The van der Waals surface area contributed by atoms with Gasteiger partial charge in [-0.25, -0.2) is 0 Å². The minimum atomic E-state index is -2.49. The van der Waals surface area contributed by atoms with Crippen LogP contribution in [0.1, 0.15) is 13.3 Å². The fourth-order valence-electron chi connectivity index (χ4n) is 0.776. The number of nitrogens with zero attached hydrogens (tertiary/aromatic N) is 1. The van der Waals surface area contributed by atoms with Crippen LogP contribution in [-0.4, -0.2) is 25.5 Å². The van der Waals surface area contributed by atoms with Gasteiger partial charge in [0.05, 0.1) is 18.7 Å². The molecule has 0 aliphatic heterocycles. The number of rotatable bonds is 5. The molecule has 0 amide bonds. The highest BCUT2D eigenvalue weighted by Crippen LogP contribution is 2.42. The molecule has 0 aliphatic rings. The molecular formula is C7H15N2O2P. The Hall–Kier alpha value is -0.360. The summed E-state index contributed by atoms with van der Waals surface area (Å²) in [4.78, 5) is 0. The van der Waals surface area contributed by atoms with E-state index in [1.165, 1.54) is 0 Å². The van der Waals surface area contributed by atoms with Gasteiger partial charge in [0.1, 0.15) is 0 Å². The summed E-state index contributed by atoms with van der Waals surface area (Å²) in [6.45, 7) is 3.80. The summed E-state index contributed by atoms with van der Waals surface area (Å²) in [5.41, 5.74) is 5.34. The standard InChI is InChI=1S/C7H15N2O2P/c1-3-11-12(2,10)5-4-7(9)6-8/h7H,3-5,9H2,1-2H3/t7-,12+/m0/s1. The summed E-state index contributed by atoms with van der Waals surface area (Å²) in [6.07, 6.45) is 0.819. The zero-order chi connectivity index (χ0) is 9.61. The summed E-state index contributed by atoms with van der Waals surface area (Å²) >= 11 is 0. The maximum atomic E-state index is 11.4. The van der Waals surface area contributed by atoms with E-state index < -0.39 is 13.4 Å². The highest BCUT2D eigenvalue weighted by atomic mass is 31.2. The molecule has 5 heteroatoms. The third-order valence-corrected chi connectivity index (χ3v) is 3.29. The highest BCUT2D eigenvalue weighted by molar-refractivity contribution is 7.58. The van der Waals surface area contributed by atoms with Crippen molar-refractivity contribution in [1.29, 1.82) is 5.26 Å². The lowest BCUT2D eigenvalue weighted by Gasteiger charge is -2.12. The van der Waals surface area contributed by atoms with Gasteiger partial charge in [-0.05, 0) is 13.3 Å². The molecule has 2 atom stereocenters. The van der Waals surface area contributed by atoms with Crippen LogP contribution in [0.4, 0.5) is 0 Å². The fourth-order valence-corrected chi connectivity index (χ4v) is 2.20. The minimum Gasteiger partial charge on any atom is -0.329 e. The molecule has 70 valence electrons. The first kappa shape index (κ1) is 11.6. The van der Waals surface area contributed by atoms with E-state index in [-0.39, 0.29) is 0 Å². The van der Waals surface area contributed by atoms with Crippen LogP contribution in [0.25, 0.3) is 0 Å². The van der Waals surface area contributed by atoms with E-state index in [0.29, 0.717) is 19.2 Å². The molecule has 0 spiro atoms. The summed E-state index contributed by atoms with van der Waals surface area (Å²) in [6, 6.07) is 1.35. The zero-order valence-corrected chi connectivity index (χ0v) is 8.38. The van der Waals surface area contributed by atoms with Crippen molar-refractivity contribution in [3.8, 4) is 6.07 Å². The molecule has 0 bridgehead atoms. The largest absolute Gasteiger partial charge is 0.329 e. The zero-order valence-electron chi connectivity index (χ0n) is 7.49. The Labute approximate surface area is 73.2 Å². The summed E-state index contributed by atoms with van der Waals surface area (Å²) in [5.74, 6) is 0. The Morgan fingerprint density at radius 1 is 1.75 bits per heavy atom. The molecule has 0 rings (SSSR count). The van der Waals surface area contributed by atoms with Crippen molar-refractivity contribution in [1.82, 2.24) is 0 Å². The van der Waals surface area contributed by atoms with Crippen molar-refractivity contribution < 1.29 is 9.09 Å². The quantitative estimate of drug-likeness (QED) is 0.660. The maximum Gasteiger partial charge on any atom is 0.200 e. The monoisotopic (exact) mass is 190 g/mol. The van der Waals surface area contributed by atoms with E-state index in [0.717, 1.165) is 0 Å². The van der Waals surface area contributed by atoms with Gasteiger partial charge in [-0.2, -0.15) is 5.26 Å². The molecule has 0 aliphatic carbocycles. The van der Waals surface area contributed by atoms with E-state index >= 15 is 0 Å². The van der Waals surface area contributed by atoms with Gasteiger partial charge < -0.3 is 10.3 Å². The number of nitriles is 1. The summed E-state index contributed by atoms with van der Waals surface area (Å²) < 4.78 is 16.5. The SMILES string of the molecule is CCO[P@@](C)(=O)CC[C@H](N)C#N. The first-order valence-electron chi connectivity index (χ1n) is 3.88. The molecule has 0 heterocycles. The number of hydrogen-bond donors (Lipinski definition) is 1. The number of nitrogens with two attached hydrogens (primary N) is 1. The molecular weight excluding hydrogens is 175 g/mol. The maximum absolute atomic E-state index is 11.4. The van der Waals surface area contributed by atoms with Crippen molar-refractivity contribution in [2.75, 3.05) is 19.4 Å². The van der Waals surface area contributed by atoms with Crippen LogP contribution in [-0.2, 0) is 9.09 Å². The van der Waals surface area contributed by atoms with Crippen LogP contribution in [0.15, 0.2) is 0 Å². The molecule has 0 aromatic heterocycles. The summed E-state index contributed by atoms with van der Waals surface area (Å²) in [5, 5.41) is 8.36. The van der Waals surface area contributed by atoms with Gasteiger partial charge in [0, 0.05) is 12.8 Å². The van der Waals surface area contributed by atoms with Crippen LogP contribution >= 0.6 is 7.37 Å². The van der Waals surface area contributed by atoms with E-state index in [1.807, 2.05) is 6.07 Å². The molecule has 0 aromatic rings. The first-order valence-corrected chi connectivity index (χ1v) is 6.14. The smallest absolute Gasteiger partial charge is 0.200 e. The average molecular weight is 190 g/mol. The normalized spacial score (nSPS) is 17.8. The predicted molar refractivity (Wildman–Crippen MR) is 48.2 cm³/mol. The second-order valence-electron chi connectivity index (χ2n) is 2.68. The van der Waals surface area contributed by atoms with Gasteiger partial charge >= 0.3 is 0 Å². The van der Waals surface area contributed by atoms with Crippen molar-refractivity contribution >= 4 is 7.37 Å². The molecule has 0 fully saturated rings. The van der Waals surface area contributed by atoms with Gasteiger partial charge in [0.25, 0.3) is 0 Å². The Balaban J connectivity index is 3.77. The Kier molecular flexibility index (Phi) is 5.16. The second kappa shape index (κ2) is 5.31. The molecule has 4 nitrogen and oxygen atoms in total. The van der Waals surface area contributed by atoms with E-state index in [4.69, 9.17) is 15.5 Å². The predicted octanol–water partition coefficient (Wildman–Crippen LogP) is 1.17. The topological polar surface area (TPSA) is 76.1 Å². The van der Waals surface area contributed by atoms with Crippen LogP contribution in [0.3, 0.4) is 0 Å². The minimum absolute atomic E-state index is 0.384. The van der Waals surface area contributed by atoms with Crippen LogP contribution in [0, 0.1) is 11.3 Å². The lowest BCUT2D eigenvalue weighted by Crippen LogP contribution is -2.18. The molecule has 0 unspecified atom stereocenters. The van der Waals surface area contributed by atoms with Gasteiger partial charge in [-0.1, -0.05) is 0 Å². The van der Waals surface area contributed by atoms with Gasteiger partial charge in [0.15, 0.2) is 7.37 Å². The second-order valence-corrected chi connectivity index (χ2v) is 5.41. The average Bonchev–Trinajstić information content (AvgIpc) is 2.00. The molecule has 12 heavy (non-hydrogen) atoms. The highest BCUT2D eigenvalue weighted by Gasteiger charge is 2.16. The molecule has 0 aromatic carbocycles. The summed E-state index contributed by atoms with van der Waals surface area (Å²) in [7, 11) is -2.49.